The molecule has 0 unspecified atom stereocenters. The average molecular weight is 264 g/mol. The smallest absolute Gasteiger partial charge is 0.259 e. The quantitative estimate of drug-likeness (QED) is 0.886. The molecule has 0 spiro atoms. The minimum atomic E-state index is -0.182. The van der Waals surface area contributed by atoms with Gasteiger partial charge in [0.1, 0.15) is 5.76 Å². The van der Waals surface area contributed by atoms with Crippen LogP contribution in [0, 0.1) is 20.8 Å². The van der Waals surface area contributed by atoms with Gasteiger partial charge in [-0.1, -0.05) is 17.7 Å². The van der Waals surface area contributed by atoms with E-state index in [1.807, 2.05) is 26.0 Å². The maximum atomic E-state index is 12.1. The number of aryl methyl sites for hydroxylation is 3. The van der Waals surface area contributed by atoms with E-state index in [1.165, 1.54) is 0 Å². The van der Waals surface area contributed by atoms with Crippen molar-refractivity contribution in [2.45, 2.75) is 20.8 Å². The maximum Gasteiger partial charge on any atom is 0.259 e. The fourth-order valence-corrected chi connectivity index (χ4v) is 1.96. The molecule has 18 heavy (non-hydrogen) atoms. The Morgan fingerprint density at radius 2 is 1.94 bits per heavy atom. The highest BCUT2D eigenvalue weighted by molar-refractivity contribution is 6.31. The van der Waals surface area contributed by atoms with Crippen LogP contribution in [0.2, 0.25) is 5.02 Å². The van der Waals surface area contributed by atoms with Gasteiger partial charge in [0.15, 0.2) is 0 Å². The van der Waals surface area contributed by atoms with Crippen LogP contribution in [0.1, 0.15) is 27.2 Å². The van der Waals surface area contributed by atoms with Crippen molar-refractivity contribution in [3.8, 4) is 0 Å². The SMILES string of the molecule is Cc1ccc(NC(=O)c2c(C)coc2C)cc1Cl. The lowest BCUT2D eigenvalue weighted by molar-refractivity contribution is 0.102. The molecule has 3 nitrogen and oxygen atoms in total. The number of carbonyl (C=O) groups is 1. The van der Waals surface area contributed by atoms with E-state index in [0.717, 1.165) is 11.1 Å². The molecule has 0 atom stereocenters. The fraction of sp³-hybridized carbons (Fsp3) is 0.214. The van der Waals surface area contributed by atoms with Crippen molar-refractivity contribution in [3.63, 3.8) is 0 Å². The predicted molar refractivity (Wildman–Crippen MR) is 72.3 cm³/mol. The summed E-state index contributed by atoms with van der Waals surface area (Å²) in [5.41, 5.74) is 3.05. The topological polar surface area (TPSA) is 42.2 Å². The molecular formula is C14H14ClNO2. The Kier molecular flexibility index (Phi) is 3.43. The van der Waals surface area contributed by atoms with Crippen LogP contribution in [0.3, 0.4) is 0 Å². The molecular weight excluding hydrogens is 250 g/mol. The number of hydrogen-bond donors (Lipinski definition) is 1. The molecule has 0 radical (unpaired) electrons. The number of nitrogens with one attached hydrogen (secondary N) is 1. The van der Waals surface area contributed by atoms with Crippen molar-refractivity contribution in [1.29, 1.82) is 0 Å². The zero-order chi connectivity index (χ0) is 13.3. The van der Waals surface area contributed by atoms with Gasteiger partial charge in [-0.3, -0.25) is 4.79 Å². The van der Waals surface area contributed by atoms with Gasteiger partial charge in [-0.15, -0.1) is 0 Å². The second kappa shape index (κ2) is 4.86. The molecule has 0 saturated carbocycles. The fourth-order valence-electron chi connectivity index (χ4n) is 1.78. The second-order valence-corrected chi connectivity index (χ2v) is 4.68. The molecule has 0 saturated heterocycles. The monoisotopic (exact) mass is 263 g/mol. The highest BCUT2D eigenvalue weighted by Crippen LogP contribution is 2.22. The Bertz CT molecular complexity index is 582. The summed E-state index contributed by atoms with van der Waals surface area (Å²) in [4.78, 5) is 12.1. The van der Waals surface area contributed by atoms with Crippen molar-refractivity contribution in [3.05, 3.63) is 51.9 Å². The minimum Gasteiger partial charge on any atom is -0.469 e. The summed E-state index contributed by atoms with van der Waals surface area (Å²) < 4.78 is 5.21. The average Bonchev–Trinajstić information content (AvgIpc) is 2.64. The van der Waals surface area contributed by atoms with Crippen LogP contribution >= 0.6 is 11.6 Å². The van der Waals surface area contributed by atoms with Gasteiger partial charge in [0.25, 0.3) is 5.91 Å². The van der Waals surface area contributed by atoms with Crippen LogP contribution < -0.4 is 5.32 Å². The first-order chi connectivity index (χ1) is 8.49. The van der Waals surface area contributed by atoms with Crippen molar-refractivity contribution in [1.82, 2.24) is 0 Å². The number of rotatable bonds is 2. The molecule has 1 N–H and O–H groups in total. The minimum absolute atomic E-state index is 0.182. The maximum absolute atomic E-state index is 12.1. The van der Waals surface area contributed by atoms with E-state index >= 15 is 0 Å². The molecule has 0 aliphatic heterocycles. The van der Waals surface area contributed by atoms with E-state index in [0.29, 0.717) is 22.0 Å². The Hall–Kier alpha value is -1.74. The Morgan fingerprint density at radius 1 is 1.22 bits per heavy atom. The van der Waals surface area contributed by atoms with E-state index < -0.39 is 0 Å². The van der Waals surface area contributed by atoms with Crippen molar-refractivity contribution >= 4 is 23.2 Å². The summed E-state index contributed by atoms with van der Waals surface area (Å²) in [7, 11) is 0. The molecule has 0 aliphatic rings. The van der Waals surface area contributed by atoms with Crippen molar-refractivity contribution < 1.29 is 9.21 Å². The van der Waals surface area contributed by atoms with Crippen LogP contribution in [0.25, 0.3) is 0 Å². The number of halogens is 1. The van der Waals surface area contributed by atoms with Gasteiger partial charge >= 0.3 is 0 Å². The van der Waals surface area contributed by atoms with Crippen LogP contribution in [-0.4, -0.2) is 5.91 Å². The molecule has 4 heteroatoms. The molecule has 1 aromatic carbocycles. The number of furan rings is 1. The molecule has 2 rings (SSSR count). The van der Waals surface area contributed by atoms with E-state index in [1.54, 1.807) is 19.3 Å². The normalized spacial score (nSPS) is 10.4. The Labute approximate surface area is 111 Å². The third-order valence-corrected chi connectivity index (χ3v) is 3.22. The highest BCUT2D eigenvalue weighted by atomic mass is 35.5. The number of amides is 1. The van der Waals surface area contributed by atoms with Crippen LogP contribution in [0.15, 0.2) is 28.9 Å². The molecule has 1 aromatic heterocycles. The first kappa shape index (κ1) is 12.7. The van der Waals surface area contributed by atoms with Gasteiger partial charge in [-0.2, -0.15) is 0 Å². The van der Waals surface area contributed by atoms with Crippen LogP contribution in [0.4, 0.5) is 5.69 Å². The standard InChI is InChI=1S/C14H14ClNO2/c1-8-4-5-11(6-12(8)15)16-14(17)13-9(2)7-18-10(13)3/h4-7H,1-3H3,(H,16,17). The first-order valence-electron chi connectivity index (χ1n) is 5.61. The molecule has 2 aromatic rings. The summed E-state index contributed by atoms with van der Waals surface area (Å²) in [5, 5.41) is 3.44. The van der Waals surface area contributed by atoms with E-state index in [9.17, 15) is 4.79 Å². The molecule has 0 aliphatic carbocycles. The predicted octanol–water partition coefficient (Wildman–Crippen LogP) is 4.11. The molecule has 0 bridgehead atoms. The molecule has 1 amide bonds. The highest BCUT2D eigenvalue weighted by Gasteiger charge is 2.15. The van der Waals surface area contributed by atoms with Crippen LogP contribution in [-0.2, 0) is 0 Å². The van der Waals surface area contributed by atoms with E-state index in [-0.39, 0.29) is 5.91 Å². The van der Waals surface area contributed by atoms with Gasteiger partial charge in [-0.25, -0.2) is 0 Å². The number of anilines is 1. The van der Waals surface area contributed by atoms with Crippen molar-refractivity contribution in [2.75, 3.05) is 5.32 Å². The molecule has 0 fully saturated rings. The third kappa shape index (κ3) is 2.41. The van der Waals surface area contributed by atoms with E-state index in [2.05, 4.69) is 5.32 Å². The van der Waals surface area contributed by atoms with Crippen LogP contribution in [0.5, 0.6) is 0 Å². The lowest BCUT2D eigenvalue weighted by atomic mass is 10.1. The van der Waals surface area contributed by atoms with E-state index in [4.69, 9.17) is 16.0 Å². The molecule has 1 heterocycles. The van der Waals surface area contributed by atoms with Crippen molar-refractivity contribution in [2.24, 2.45) is 0 Å². The first-order valence-corrected chi connectivity index (χ1v) is 5.99. The van der Waals surface area contributed by atoms with Gasteiger partial charge in [0.05, 0.1) is 11.8 Å². The number of carbonyl (C=O) groups excluding carboxylic acids is 1. The van der Waals surface area contributed by atoms with Gasteiger partial charge in [0, 0.05) is 16.3 Å². The second-order valence-electron chi connectivity index (χ2n) is 4.27. The number of benzene rings is 1. The van der Waals surface area contributed by atoms with Gasteiger partial charge in [0.2, 0.25) is 0 Å². The largest absolute Gasteiger partial charge is 0.469 e. The summed E-state index contributed by atoms with van der Waals surface area (Å²) in [6.07, 6.45) is 1.58. The lowest BCUT2D eigenvalue weighted by Gasteiger charge is -2.07. The Morgan fingerprint density at radius 3 is 2.50 bits per heavy atom. The Balaban J connectivity index is 2.24. The van der Waals surface area contributed by atoms with Gasteiger partial charge in [-0.05, 0) is 38.5 Å². The van der Waals surface area contributed by atoms with Gasteiger partial charge < -0.3 is 9.73 Å². The summed E-state index contributed by atoms with van der Waals surface area (Å²) in [6, 6.07) is 5.43. The summed E-state index contributed by atoms with van der Waals surface area (Å²) in [5.74, 6) is 0.432. The summed E-state index contributed by atoms with van der Waals surface area (Å²) >= 11 is 6.01. The zero-order valence-corrected chi connectivity index (χ0v) is 11.3. The summed E-state index contributed by atoms with van der Waals surface area (Å²) in [6.45, 7) is 5.52. The zero-order valence-electron chi connectivity index (χ0n) is 10.5. The molecule has 94 valence electrons. The lowest BCUT2D eigenvalue weighted by Crippen LogP contribution is -2.13. The number of hydrogen-bond acceptors (Lipinski definition) is 2. The third-order valence-electron chi connectivity index (χ3n) is 2.82.